The molecule has 0 amide bonds. The third-order valence-electron chi connectivity index (χ3n) is 3.76. The Bertz CT molecular complexity index is 1000. The maximum Gasteiger partial charge on any atom is 0.373 e. The van der Waals surface area contributed by atoms with Crippen LogP contribution in [0.25, 0.3) is 0 Å². The molecule has 9 heteroatoms. The van der Waals surface area contributed by atoms with Crippen LogP contribution in [0.3, 0.4) is 0 Å². The van der Waals surface area contributed by atoms with Crippen LogP contribution in [-0.2, 0) is 0 Å². The van der Waals surface area contributed by atoms with Gasteiger partial charge >= 0.3 is 11.6 Å². The fraction of sp³-hybridized carbons (Fsp3) is 0.167. The van der Waals surface area contributed by atoms with Crippen LogP contribution in [0.4, 0.5) is 17.3 Å². The highest BCUT2D eigenvalue weighted by Gasteiger charge is 2.25. The van der Waals surface area contributed by atoms with Gasteiger partial charge in [0.1, 0.15) is 17.9 Å². The van der Waals surface area contributed by atoms with Gasteiger partial charge in [0.15, 0.2) is 0 Å². The van der Waals surface area contributed by atoms with Gasteiger partial charge in [-0.3, -0.25) is 10.1 Å². The van der Waals surface area contributed by atoms with E-state index in [0.717, 1.165) is 16.7 Å². The summed E-state index contributed by atoms with van der Waals surface area (Å²) in [5.41, 5.74) is 2.16. The van der Waals surface area contributed by atoms with Crippen molar-refractivity contribution in [2.24, 2.45) is 0 Å². The number of ether oxygens (including phenoxy) is 1. The summed E-state index contributed by atoms with van der Waals surface area (Å²) in [5, 5.41) is 15.1. The Hall–Kier alpha value is -3.26. The maximum absolute atomic E-state index is 11.6. The molecule has 0 radical (unpaired) electrons. The lowest BCUT2D eigenvalue weighted by Gasteiger charge is -2.11. The van der Waals surface area contributed by atoms with Crippen molar-refractivity contribution < 1.29 is 9.66 Å². The van der Waals surface area contributed by atoms with Crippen LogP contribution >= 0.6 is 11.6 Å². The van der Waals surface area contributed by atoms with E-state index in [0.29, 0.717) is 16.6 Å². The van der Waals surface area contributed by atoms with Gasteiger partial charge in [-0.25, -0.2) is 9.97 Å². The number of halogens is 1. The van der Waals surface area contributed by atoms with E-state index < -0.39 is 4.92 Å². The topological polar surface area (TPSA) is 103 Å². The number of nitrogens with zero attached hydrogens (tertiary/aromatic N) is 4. The molecule has 0 saturated carbocycles. The first-order valence-corrected chi connectivity index (χ1v) is 8.36. The number of aromatic nitrogens is 3. The first-order valence-electron chi connectivity index (χ1n) is 7.99. The number of hydrogen-bond acceptors (Lipinski definition) is 7. The number of nitrogens with one attached hydrogen (secondary N) is 1. The molecule has 3 aromatic rings. The summed E-state index contributed by atoms with van der Waals surface area (Å²) in [7, 11) is 0. The van der Waals surface area contributed by atoms with Crippen molar-refractivity contribution in [1.29, 1.82) is 0 Å². The highest BCUT2D eigenvalue weighted by Crippen LogP contribution is 2.36. The Balaban J connectivity index is 2.00. The zero-order valence-electron chi connectivity index (χ0n) is 14.9. The molecular formula is C18H16ClN5O3. The Kier molecular flexibility index (Phi) is 5.18. The second-order valence-electron chi connectivity index (χ2n) is 5.95. The van der Waals surface area contributed by atoms with Gasteiger partial charge < -0.3 is 10.1 Å². The maximum atomic E-state index is 11.6. The molecule has 0 bridgehead atoms. The molecule has 0 saturated heterocycles. The minimum absolute atomic E-state index is 0.00879. The molecule has 0 atom stereocenters. The van der Waals surface area contributed by atoms with Gasteiger partial charge in [-0.15, -0.1) is 0 Å². The molecule has 0 unspecified atom stereocenters. The fourth-order valence-electron chi connectivity index (χ4n) is 2.50. The number of benzene rings is 1. The summed E-state index contributed by atoms with van der Waals surface area (Å²) in [5.74, 6) is 0.647. The van der Waals surface area contributed by atoms with Crippen LogP contribution in [0.1, 0.15) is 16.7 Å². The van der Waals surface area contributed by atoms with E-state index in [2.05, 4.69) is 20.3 Å². The lowest BCUT2D eigenvalue weighted by atomic mass is 10.1. The first kappa shape index (κ1) is 18.5. The van der Waals surface area contributed by atoms with Crippen molar-refractivity contribution in [2.45, 2.75) is 20.8 Å². The Labute approximate surface area is 160 Å². The van der Waals surface area contributed by atoms with E-state index in [1.807, 2.05) is 26.8 Å². The van der Waals surface area contributed by atoms with Crippen LogP contribution in [0.2, 0.25) is 5.02 Å². The molecule has 0 spiro atoms. The van der Waals surface area contributed by atoms with Gasteiger partial charge in [0, 0.05) is 11.2 Å². The Morgan fingerprint density at radius 2 is 1.81 bits per heavy atom. The quantitative estimate of drug-likeness (QED) is 0.492. The van der Waals surface area contributed by atoms with E-state index in [4.69, 9.17) is 16.3 Å². The third kappa shape index (κ3) is 4.12. The highest BCUT2D eigenvalue weighted by atomic mass is 35.5. The number of pyridine rings is 1. The van der Waals surface area contributed by atoms with Crippen LogP contribution in [-0.4, -0.2) is 19.9 Å². The summed E-state index contributed by atoms with van der Waals surface area (Å²) >= 11 is 6.16. The predicted molar refractivity (Wildman–Crippen MR) is 102 cm³/mol. The fourth-order valence-corrected chi connectivity index (χ4v) is 2.61. The molecule has 8 nitrogen and oxygen atoms in total. The van der Waals surface area contributed by atoms with Crippen LogP contribution in [0, 0.1) is 30.9 Å². The van der Waals surface area contributed by atoms with Crippen molar-refractivity contribution >= 4 is 28.9 Å². The molecule has 2 heterocycles. The lowest BCUT2D eigenvalue weighted by Crippen LogP contribution is -2.04. The molecular weight excluding hydrogens is 370 g/mol. The van der Waals surface area contributed by atoms with Crippen molar-refractivity contribution in [1.82, 2.24) is 15.0 Å². The summed E-state index contributed by atoms with van der Waals surface area (Å²) in [6.07, 6.45) is 2.79. The number of rotatable bonds is 5. The second-order valence-corrected chi connectivity index (χ2v) is 6.33. The Morgan fingerprint density at radius 3 is 2.44 bits per heavy atom. The third-order valence-corrected chi connectivity index (χ3v) is 4.35. The van der Waals surface area contributed by atoms with E-state index in [-0.39, 0.29) is 17.4 Å². The van der Waals surface area contributed by atoms with Crippen LogP contribution in [0.15, 0.2) is 36.8 Å². The molecule has 1 N–H and O–H groups in total. The summed E-state index contributed by atoms with van der Waals surface area (Å²) in [6, 6.07) is 6.95. The Morgan fingerprint density at radius 1 is 1.11 bits per heavy atom. The summed E-state index contributed by atoms with van der Waals surface area (Å²) < 4.78 is 5.68. The average molecular weight is 386 g/mol. The average Bonchev–Trinajstić information content (AvgIpc) is 2.59. The molecule has 1 aromatic carbocycles. The summed E-state index contributed by atoms with van der Waals surface area (Å²) in [4.78, 5) is 23.1. The molecule has 0 fully saturated rings. The number of anilines is 2. The minimum atomic E-state index is -0.594. The van der Waals surface area contributed by atoms with E-state index >= 15 is 0 Å². The normalized spacial score (nSPS) is 10.5. The molecule has 0 aliphatic carbocycles. The smallest absolute Gasteiger partial charge is 0.373 e. The van der Waals surface area contributed by atoms with Gasteiger partial charge in [-0.05, 0) is 61.7 Å². The zero-order chi connectivity index (χ0) is 19.6. The number of hydrogen-bond donors (Lipinski definition) is 1. The van der Waals surface area contributed by atoms with Crippen molar-refractivity contribution in [2.75, 3.05) is 5.32 Å². The van der Waals surface area contributed by atoms with Crippen molar-refractivity contribution in [3.05, 3.63) is 68.6 Å². The SMILES string of the molecule is Cc1ccnc(Nc2ncnc(Oc3cc(C)c(Cl)c(C)c3)c2[N+](=O)[O-])c1. The molecule has 3 rings (SSSR count). The van der Waals surface area contributed by atoms with E-state index in [1.165, 1.54) is 6.33 Å². The number of nitro groups is 1. The molecule has 27 heavy (non-hydrogen) atoms. The van der Waals surface area contributed by atoms with Gasteiger partial charge in [-0.1, -0.05) is 11.6 Å². The largest absolute Gasteiger partial charge is 0.434 e. The highest BCUT2D eigenvalue weighted by molar-refractivity contribution is 6.32. The molecule has 138 valence electrons. The monoisotopic (exact) mass is 385 g/mol. The van der Waals surface area contributed by atoms with Gasteiger partial charge in [0.2, 0.25) is 5.82 Å². The second kappa shape index (κ2) is 7.55. The lowest BCUT2D eigenvalue weighted by molar-refractivity contribution is -0.385. The van der Waals surface area contributed by atoms with Crippen LogP contribution < -0.4 is 10.1 Å². The van der Waals surface area contributed by atoms with Crippen molar-refractivity contribution in [3.63, 3.8) is 0 Å². The molecule has 2 aromatic heterocycles. The zero-order valence-corrected chi connectivity index (χ0v) is 15.6. The molecule has 0 aliphatic heterocycles. The van der Waals surface area contributed by atoms with Crippen LogP contribution in [0.5, 0.6) is 11.6 Å². The first-order chi connectivity index (χ1) is 12.8. The summed E-state index contributed by atoms with van der Waals surface area (Å²) in [6.45, 7) is 5.54. The van der Waals surface area contributed by atoms with Gasteiger partial charge in [-0.2, -0.15) is 4.98 Å². The standard InChI is InChI=1S/C18H16ClN5O3/c1-10-4-5-20-14(6-10)23-17-16(24(25)26)18(22-9-21-17)27-13-7-11(2)15(19)12(3)8-13/h4-9H,1-3H3,(H,20,21,22,23). The van der Waals surface area contributed by atoms with Crippen molar-refractivity contribution in [3.8, 4) is 11.6 Å². The van der Waals surface area contributed by atoms with E-state index in [9.17, 15) is 10.1 Å². The molecule has 0 aliphatic rings. The van der Waals surface area contributed by atoms with Gasteiger partial charge in [0.05, 0.1) is 4.92 Å². The van der Waals surface area contributed by atoms with E-state index in [1.54, 1.807) is 24.4 Å². The predicted octanol–water partition coefficient (Wildman–Crippen LogP) is 4.89. The number of aryl methyl sites for hydroxylation is 3. The minimum Gasteiger partial charge on any atom is -0.434 e. The van der Waals surface area contributed by atoms with Gasteiger partial charge in [0.25, 0.3) is 0 Å².